The summed E-state index contributed by atoms with van der Waals surface area (Å²) >= 11 is 0. The van der Waals surface area contributed by atoms with E-state index in [1.165, 1.54) is 6.42 Å². The van der Waals surface area contributed by atoms with Gasteiger partial charge in [0.1, 0.15) is 0 Å². The number of anilines is 1. The van der Waals surface area contributed by atoms with Crippen LogP contribution < -0.4 is 10.6 Å². The van der Waals surface area contributed by atoms with Crippen LogP contribution in [0, 0.1) is 29.5 Å². The molecule has 4 saturated carbocycles. The second-order valence-electron chi connectivity index (χ2n) is 7.72. The molecule has 0 heterocycles. The largest absolute Gasteiger partial charge is 0.419 e. The number of nitrogens with one attached hydrogen (secondary N) is 2. The van der Waals surface area contributed by atoms with Gasteiger partial charge in [0.05, 0.1) is 11.3 Å². The molecule has 25 heavy (non-hydrogen) atoms. The van der Waals surface area contributed by atoms with Crippen LogP contribution in [-0.2, 0) is 6.18 Å². The Morgan fingerprint density at radius 1 is 1.00 bits per heavy atom. The van der Waals surface area contributed by atoms with Crippen molar-refractivity contribution in [2.24, 2.45) is 23.7 Å². The number of carbonyl (C=O) groups is 1. The van der Waals surface area contributed by atoms with Crippen molar-refractivity contribution in [3.8, 4) is 0 Å². The van der Waals surface area contributed by atoms with Gasteiger partial charge in [-0.2, -0.15) is 13.2 Å². The zero-order valence-electron chi connectivity index (χ0n) is 13.6. The van der Waals surface area contributed by atoms with Gasteiger partial charge in [0.25, 0.3) is 0 Å². The highest BCUT2D eigenvalue weighted by molar-refractivity contribution is 5.89. The molecular weight excluding hydrogens is 336 g/mol. The van der Waals surface area contributed by atoms with Crippen LogP contribution in [0.3, 0.4) is 0 Å². The average molecular weight is 356 g/mol. The first-order valence-corrected chi connectivity index (χ1v) is 8.74. The van der Waals surface area contributed by atoms with E-state index in [1.807, 2.05) is 0 Å². The molecule has 136 valence electrons. The molecule has 1 aromatic rings. The number of hydrogen-bond acceptors (Lipinski definition) is 1. The Morgan fingerprint density at radius 3 is 2.16 bits per heavy atom. The van der Waals surface area contributed by atoms with Gasteiger partial charge >= 0.3 is 12.2 Å². The Bertz CT molecular complexity index is 660. The molecule has 0 radical (unpaired) electrons. The highest BCUT2D eigenvalue weighted by Gasteiger charge is 2.48. The predicted octanol–water partition coefficient (Wildman–Crippen LogP) is 4.79. The van der Waals surface area contributed by atoms with Crippen LogP contribution in [0.15, 0.2) is 18.2 Å². The summed E-state index contributed by atoms with van der Waals surface area (Å²) in [5.41, 5.74) is -1.82. The number of alkyl halides is 3. The van der Waals surface area contributed by atoms with Gasteiger partial charge < -0.3 is 10.6 Å². The lowest BCUT2D eigenvalue weighted by molar-refractivity contribution is -0.139. The number of rotatable bonds is 2. The Balaban J connectivity index is 1.45. The third kappa shape index (κ3) is 3.09. The molecule has 1 aromatic carbocycles. The number of urea groups is 1. The maximum Gasteiger partial charge on any atom is 0.419 e. The molecule has 5 rings (SSSR count). The summed E-state index contributed by atoms with van der Waals surface area (Å²) in [6.07, 6.45) is 0.929. The smallest absolute Gasteiger partial charge is 0.335 e. The predicted molar refractivity (Wildman–Crippen MR) is 84.4 cm³/mol. The van der Waals surface area contributed by atoms with Gasteiger partial charge in [-0.15, -0.1) is 0 Å². The first kappa shape index (κ1) is 16.7. The lowest BCUT2D eigenvalue weighted by Crippen LogP contribution is -2.56. The summed E-state index contributed by atoms with van der Waals surface area (Å²) in [6, 6.07) is 2.30. The molecule has 4 bridgehead atoms. The SMILES string of the molecule is O=C(Nc1cccc(C(F)(F)F)c1F)NC1C2CC3CC(C2)CC1C3. The summed E-state index contributed by atoms with van der Waals surface area (Å²) < 4.78 is 52.3. The number of carbonyl (C=O) groups excluding carboxylic acids is 1. The van der Waals surface area contributed by atoms with Crippen LogP contribution in [-0.4, -0.2) is 12.1 Å². The van der Waals surface area contributed by atoms with Gasteiger partial charge in [0, 0.05) is 6.04 Å². The quantitative estimate of drug-likeness (QED) is 0.735. The van der Waals surface area contributed by atoms with Crippen LogP contribution in [0.4, 0.5) is 28.0 Å². The topological polar surface area (TPSA) is 41.1 Å². The van der Waals surface area contributed by atoms with Crippen molar-refractivity contribution in [2.75, 3.05) is 5.32 Å². The fourth-order valence-corrected chi connectivity index (χ4v) is 5.32. The summed E-state index contributed by atoms with van der Waals surface area (Å²) in [7, 11) is 0. The molecule has 2 N–H and O–H groups in total. The highest BCUT2D eigenvalue weighted by Crippen LogP contribution is 2.53. The van der Waals surface area contributed by atoms with Gasteiger partial charge in [0.15, 0.2) is 5.82 Å². The van der Waals surface area contributed by atoms with Gasteiger partial charge in [0.2, 0.25) is 0 Å². The van der Waals surface area contributed by atoms with Crippen LogP contribution in [0.25, 0.3) is 0 Å². The first-order chi connectivity index (χ1) is 11.8. The molecule has 7 heteroatoms. The molecule has 3 nitrogen and oxygen atoms in total. The summed E-state index contributed by atoms with van der Waals surface area (Å²) in [4.78, 5) is 12.2. The summed E-state index contributed by atoms with van der Waals surface area (Å²) in [5, 5.41) is 5.15. The van der Waals surface area contributed by atoms with Crippen LogP contribution >= 0.6 is 0 Å². The van der Waals surface area contributed by atoms with E-state index in [2.05, 4.69) is 10.6 Å². The van der Waals surface area contributed by atoms with E-state index in [-0.39, 0.29) is 6.04 Å². The van der Waals surface area contributed by atoms with Crippen LogP contribution in [0.1, 0.15) is 37.7 Å². The van der Waals surface area contributed by atoms with E-state index in [1.54, 1.807) is 0 Å². The van der Waals surface area contributed by atoms with E-state index < -0.39 is 29.3 Å². The first-order valence-electron chi connectivity index (χ1n) is 8.74. The zero-order valence-corrected chi connectivity index (χ0v) is 13.6. The number of hydrogen-bond donors (Lipinski definition) is 2. The minimum absolute atomic E-state index is 0.0432. The molecule has 0 unspecified atom stereocenters. The van der Waals surface area contributed by atoms with Crippen molar-refractivity contribution in [3.63, 3.8) is 0 Å². The van der Waals surface area contributed by atoms with Crippen LogP contribution in [0.2, 0.25) is 0 Å². The molecule has 4 aliphatic rings. The van der Waals surface area contributed by atoms with E-state index in [0.717, 1.165) is 49.7 Å². The number of benzene rings is 1. The molecule has 0 aliphatic heterocycles. The molecule has 0 spiro atoms. The van der Waals surface area contributed by atoms with Crippen LogP contribution in [0.5, 0.6) is 0 Å². The zero-order chi connectivity index (χ0) is 17.8. The third-order valence-electron chi connectivity index (χ3n) is 6.08. The van der Waals surface area contributed by atoms with Crippen molar-refractivity contribution in [2.45, 2.75) is 44.3 Å². The van der Waals surface area contributed by atoms with E-state index in [9.17, 15) is 22.4 Å². The van der Waals surface area contributed by atoms with Crippen molar-refractivity contribution >= 4 is 11.7 Å². The van der Waals surface area contributed by atoms with Gasteiger partial charge in [-0.05, 0) is 67.9 Å². The monoisotopic (exact) mass is 356 g/mol. The van der Waals surface area contributed by atoms with Gasteiger partial charge in [-0.1, -0.05) is 6.07 Å². The maximum atomic E-state index is 14.0. The second kappa shape index (κ2) is 5.88. The highest BCUT2D eigenvalue weighted by atomic mass is 19.4. The molecule has 0 aromatic heterocycles. The Labute approximate surface area is 143 Å². The molecule has 4 fully saturated rings. The van der Waals surface area contributed by atoms with Gasteiger partial charge in [-0.3, -0.25) is 0 Å². The Hall–Kier alpha value is -1.79. The number of halogens is 4. The fourth-order valence-electron chi connectivity index (χ4n) is 5.32. The molecule has 0 atom stereocenters. The maximum absolute atomic E-state index is 14.0. The average Bonchev–Trinajstić information content (AvgIpc) is 2.51. The van der Waals surface area contributed by atoms with E-state index in [4.69, 9.17) is 0 Å². The van der Waals surface area contributed by atoms with Crippen molar-refractivity contribution in [1.82, 2.24) is 5.32 Å². The Kier molecular flexibility index (Phi) is 3.92. The number of amides is 2. The van der Waals surface area contributed by atoms with Crippen molar-refractivity contribution in [3.05, 3.63) is 29.6 Å². The fraction of sp³-hybridized carbons (Fsp3) is 0.611. The minimum atomic E-state index is -4.79. The molecule has 0 saturated heterocycles. The standard InChI is InChI=1S/C18H20F4N2O/c19-15-13(18(20,21)22)2-1-3-14(15)23-17(25)24-16-11-5-9-4-10(7-11)8-12(16)6-9/h1-3,9-12,16H,4-8H2,(H2,23,24,25). The third-order valence-corrected chi connectivity index (χ3v) is 6.08. The Morgan fingerprint density at radius 2 is 1.60 bits per heavy atom. The lowest BCUT2D eigenvalue weighted by Gasteiger charge is -2.54. The van der Waals surface area contributed by atoms with Crippen molar-refractivity contribution in [1.29, 1.82) is 0 Å². The minimum Gasteiger partial charge on any atom is -0.335 e. The molecular formula is C18H20F4N2O. The summed E-state index contributed by atoms with van der Waals surface area (Å²) in [6.45, 7) is 0. The molecule has 2 amide bonds. The second-order valence-corrected chi connectivity index (χ2v) is 7.72. The van der Waals surface area contributed by atoms with E-state index >= 15 is 0 Å². The summed E-state index contributed by atoms with van der Waals surface area (Å²) in [5.74, 6) is 0.936. The lowest BCUT2D eigenvalue weighted by atomic mass is 9.54. The normalized spacial score (nSPS) is 33.4. The molecule has 4 aliphatic carbocycles. The van der Waals surface area contributed by atoms with E-state index in [0.29, 0.717) is 17.9 Å². The van der Waals surface area contributed by atoms with Crippen molar-refractivity contribution < 1.29 is 22.4 Å². The van der Waals surface area contributed by atoms with Gasteiger partial charge in [-0.25, -0.2) is 9.18 Å².